The van der Waals surface area contributed by atoms with Gasteiger partial charge in [-0.25, -0.2) is 4.79 Å². The molecule has 5 nitrogen and oxygen atoms in total. The number of benzene rings is 3. The first-order valence-corrected chi connectivity index (χ1v) is 9.68. The summed E-state index contributed by atoms with van der Waals surface area (Å²) in [7, 11) is 0. The van der Waals surface area contributed by atoms with Gasteiger partial charge in [0.2, 0.25) is 0 Å². The molecule has 0 heterocycles. The average Bonchev–Trinajstić information content (AvgIpc) is 2.77. The fourth-order valence-electron chi connectivity index (χ4n) is 2.73. The van der Waals surface area contributed by atoms with Crippen LogP contribution in [0.15, 0.2) is 85.5 Å². The van der Waals surface area contributed by atoms with Gasteiger partial charge in [0.25, 0.3) is 0 Å². The van der Waals surface area contributed by atoms with Crippen molar-refractivity contribution in [1.29, 1.82) is 0 Å². The van der Waals surface area contributed by atoms with E-state index in [1.54, 1.807) is 31.2 Å². The smallest absolute Gasteiger partial charge is 0.335 e. The van der Waals surface area contributed by atoms with Crippen LogP contribution in [-0.2, 0) is 9.59 Å². The van der Waals surface area contributed by atoms with Crippen LogP contribution in [0.25, 0.3) is 0 Å². The molecule has 152 valence electrons. The summed E-state index contributed by atoms with van der Waals surface area (Å²) in [5, 5.41) is 0.632. The molecule has 0 aliphatic heterocycles. The lowest BCUT2D eigenvalue weighted by atomic mass is 10.2. The summed E-state index contributed by atoms with van der Waals surface area (Å²) in [6.45, 7) is 5.14. The molecule has 0 aliphatic carbocycles. The number of esters is 2. The number of halogens is 1. The maximum Gasteiger partial charge on any atom is 0.335 e. The Labute approximate surface area is 180 Å². The Morgan fingerprint density at radius 1 is 0.833 bits per heavy atom. The number of ether oxygens (including phenoxy) is 2. The summed E-state index contributed by atoms with van der Waals surface area (Å²) >= 11 is 6.05. The molecule has 0 amide bonds. The number of hydrogen-bond acceptors (Lipinski definition) is 5. The molecule has 0 saturated carbocycles. The first kappa shape index (κ1) is 21.1. The molecular formula is C24H20ClNO4. The van der Waals surface area contributed by atoms with E-state index in [9.17, 15) is 9.59 Å². The fraction of sp³-hybridized carbons (Fsp3) is 0.0833. The van der Waals surface area contributed by atoms with E-state index in [-0.39, 0.29) is 5.97 Å². The number of hydrogen-bond donors (Lipinski definition) is 0. The highest BCUT2D eigenvalue weighted by Crippen LogP contribution is 2.36. The molecule has 0 spiro atoms. The Hall–Kier alpha value is -3.57. The molecule has 6 heteroatoms. The third kappa shape index (κ3) is 5.27. The number of nitrogens with zero attached hydrogens (tertiary/aromatic N) is 1. The summed E-state index contributed by atoms with van der Waals surface area (Å²) in [6, 6.07) is 21.7. The zero-order valence-corrected chi connectivity index (χ0v) is 17.1. The van der Waals surface area contributed by atoms with E-state index in [1.807, 2.05) is 53.4 Å². The Morgan fingerprint density at radius 2 is 1.27 bits per heavy atom. The van der Waals surface area contributed by atoms with Gasteiger partial charge in [0.15, 0.2) is 0 Å². The van der Waals surface area contributed by atoms with Gasteiger partial charge in [0.1, 0.15) is 11.5 Å². The number of rotatable bonds is 7. The Balaban J connectivity index is 1.95. The highest BCUT2D eigenvalue weighted by molar-refractivity contribution is 6.30. The lowest BCUT2D eigenvalue weighted by molar-refractivity contribution is -0.134. The Bertz CT molecular complexity index is 1030. The quantitative estimate of drug-likeness (QED) is 0.257. The third-order valence-corrected chi connectivity index (χ3v) is 4.43. The number of anilines is 3. The van der Waals surface area contributed by atoms with Crippen molar-refractivity contribution in [3.8, 4) is 11.5 Å². The van der Waals surface area contributed by atoms with Crippen LogP contribution < -0.4 is 14.4 Å². The lowest BCUT2D eigenvalue weighted by Gasteiger charge is -2.25. The predicted octanol–water partition coefficient (Wildman–Crippen LogP) is 6.22. The zero-order valence-electron chi connectivity index (χ0n) is 16.4. The van der Waals surface area contributed by atoms with E-state index < -0.39 is 5.97 Å². The van der Waals surface area contributed by atoms with E-state index in [0.717, 1.165) is 23.1 Å². The second-order valence-electron chi connectivity index (χ2n) is 6.25. The van der Waals surface area contributed by atoms with Crippen molar-refractivity contribution >= 4 is 40.6 Å². The average molecular weight is 422 g/mol. The van der Waals surface area contributed by atoms with Crippen molar-refractivity contribution in [3.05, 3.63) is 90.5 Å². The molecular weight excluding hydrogens is 402 g/mol. The molecule has 3 rings (SSSR count). The van der Waals surface area contributed by atoms with E-state index in [2.05, 4.69) is 6.58 Å². The number of carbonyl (C=O) groups excluding carboxylic acids is 2. The standard InChI is InChI=1S/C24H20ClNO4/c1-3-23(27)29-21-13-9-19(10-14-21)26(18-7-5-17(25)6-8-18)20-11-15-22(16-12-20)30-24(28)4-2/h3,5-16H,1,4H2,2H3. The molecule has 3 aromatic carbocycles. The minimum Gasteiger partial charge on any atom is -0.427 e. The molecule has 0 saturated heterocycles. The van der Waals surface area contributed by atoms with Gasteiger partial charge in [-0.3, -0.25) is 4.79 Å². The Kier molecular flexibility index (Phi) is 6.88. The molecule has 0 unspecified atom stereocenters. The fourth-order valence-corrected chi connectivity index (χ4v) is 2.85. The topological polar surface area (TPSA) is 55.8 Å². The summed E-state index contributed by atoms with van der Waals surface area (Å²) in [5.41, 5.74) is 2.58. The molecule has 30 heavy (non-hydrogen) atoms. The molecule has 0 bridgehead atoms. The van der Waals surface area contributed by atoms with Gasteiger partial charge in [0, 0.05) is 34.6 Å². The zero-order chi connectivity index (χ0) is 21.5. The second kappa shape index (κ2) is 9.76. The number of carbonyl (C=O) groups is 2. The van der Waals surface area contributed by atoms with E-state index in [0.29, 0.717) is 22.9 Å². The first-order chi connectivity index (χ1) is 14.5. The normalized spacial score (nSPS) is 10.2. The van der Waals surface area contributed by atoms with Crippen LogP contribution in [0.5, 0.6) is 11.5 Å². The van der Waals surface area contributed by atoms with Crippen LogP contribution in [-0.4, -0.2) is 11.9 Å². The van der Waals surface area contributed by atoms with Gasteiger partial charge in [-0.15, -0.1) is 0 Å². The SMILES string of the molecule is C=CC(=O)Oc1ccc(N(c2ccc(Cl)cc2)c2ccc(OC(=O)CC)cc2)cc1. The largest absolute Gasteiger partial charge is 0.427 e. The van der Waals surface area contributed by atoms with Crippen LogP contribution in [0.1, 0.15) is 13.3 Å². The van der Waals surface area contributed by atoms with Gasteiger partial charge in [-0.05, 0) is 72.8 Å². The van der Waals surface area contributed by atoms with Gasteiger partial charge >= 0.3 is 11.9 Å². The predicted molar refractivity (Wildman–Crippen MR) is 118 cm³/mol. The van der Waals surface area contributed by atoms with Crippen LogP contribution in [0.3, 0.4) is 0 Å². The maximum atomic E-state index is 11.5. The van der Waals surface area contributed by atoms with Crippen LogP contribution in [0.4, 0.5) is 17.1 Å². The van der Waals surface area contributed by atoms with Gasteiger partial charge in [-0.2, -0.15) is 0 Å². The van der Waals surface area contributed by atoms with Gasteiger partial charge < -0.3 is 14.4 Å². The lowest BCUT2D eigenvalue weighted by Crippen LogP contribution is -2.10. The van der Waals surface area contributed by atoms with Gasteiger partial charge in [-0.1, -0.05) is 25.1 Å². The maximum absolute atomic E-state index is 11.5. The third-order valence-electron chi connectivity index (χ3n) is 4.18. The van der Waals surface area contributed by atoms with Crippen molar-refractivity contribution in [2.24, 2.45) is 0 Å². The highest BCUT2D eigenvalue weighted by atomic mass is 35.5. The Morgan fingerprint density at radius 3 is 1.70 bits per heavy atom. The minimum atomic E-state index is -0.519. The van der Waals surface area contributed by atoms with Crippen molar-refractivity contribution in [3.63, 3.8) is 0 Å². The molecule has 0 aromatic heterocycles. The van der Waals surface area contributed by atoms with E-state index in [4.69, 9.17) is 21.1 Å². The van der Waals surface area contributed by atoms with Gasteiger partial charge in [0.05, 0.1) is 0 Å². The first-order valence-electron chi connectivity index (χ1n) is 9.31. The molecule has 0 aliphatic rings. The van der Waals surface area contributed by atoms with Crippen molar-refractivity contribution in [2.75, 3.05) is 4.90 Å². The monoisotopic (exact) mass is 421 g/mol. The highest BCUT2D eigenvalue weighted by Gasteiger charge is 2.14. The summed E-state index contributed by atoms with van der Waals surface area (Å²) in [6.07, 6.45) is 1.42. The molecule has 3 aromatic rings. The van der Waals surface area contributed by atoms with Crippen molar-refractivity contribution < 1.29 is 19.1 Å². The molecule has 0 atom stereocenters. The summed E-state index contributed by atoms with van der Waals surface area (Å²) < 4.78 is 10.4. The summed E-state index contributed by atoms with van der Waals surface area (Å²) in [5.74, 6) is 0.0892. The van der Waals surface area contributed by atoms with Crippen molar-refractivity contribution in [2.45, 2.75) is 13.3 Å². The second-order valence-corrected chi connectivity index (χ2v) is 6.69. The summed E-state index contributed by atoms with van der Waals surface area (Å²) in [4.78, 5) is 24.9. The van der Waals surface area contributed by atoms with E-state index >= 15 is 0 Å². The van der Waals surface area contributed by atoms with Crippen LogP contribution >= 0.6 is 11.6 Å². The van der Waals surface area contributed by atoms with Crippen LogP contribution in [0, 0.1) is 0 Å². The minimum absolute atomic E-state index is 0.290. The molecule has 0 radical (unpaired) electrons. The molecule has 0 fully saturated rings. The van der Waals surface area contributed by atoms with Crippen LogP contribution in [0.2, 0.25) is 5.02 Å². The molecule has 0 N–H and O–H groups in total. The van der Waals surface area contributed by atoms with Crippen molar-refractivity contribution in [1.82, 2.24) is 0 Å². The van der Waals surface area contributed by atoms with E-state index in [1.165, 1.54) is 0 Å².